The first-order valence-corrected chi connectivity index (χ1v) is 2.59. The number of hydrogen-bond donors (Lipinski definition) is 1. The molecule has 0 aromatic carbocycles. The molecule has 4 heteroatoms. The van der Waals surface area contributed by atoms with Gasteiger partial charge in [-0.25, -0.2) is 4.98 Å². The molecule has 48 valence electrons. The fraction of sp³-hybridized carbons (Fsp3) is 0. The number of nitrogens with zero attached hydrogens (tertiary/aromatic N) is 1. The van der Waals surface area contributed by atoms with Crippen LogP contribution in [0, 0.1) is 5.95 Å². The van der Waals surface area contributed by atoms with Gasteiger partial charge in [0.05, 0.1) is 0 Å². The van der Waals surface area contributed by atoms with Crippen molar-refractivity contribution in [2.75, 3.05) is 0 Å². The summed E-state index contributed by atoms with van der Waals surface area (Å²) >= 11 is 5.21. The first-order valence-electron chi connectivity index (χ1n) is 2.21. The molecule has 0 bridgehead atoms. The molecule has 1 heterocycles. The Balaban J connectivity index is 3.17. The Hall–Kier alpha value is -0.830. The highest BCUT2D eigenvalue weighted by Crippen LogP contribution is 2.18. The highest BCUT2D eigenvalue weighted by molar-refractivity contribution is 6.30. The van der Waals surface area contributed by atoms with Crippen molar-refractivity contribution in [1.82, 2.24) is 4.98 Å². The quantitative estimate of drug-likeness (QED) is 0.566. The van der Waals surface area contributed by atoms with E-state index in [0.717, 1.165) is 12.1 Å². The van der Waals surface area contributed by atoms with Crippen molar-refractivity contribution >= 4 is 11.6 Å². The van der Waals surface area contributed by atoms with E-state index in [4.69, 9.17) is 16.7 Å². The average Bonchev–Trinajstić information content (AvgIpc) is 1.80. The van der Waals surface area contributed by atoms with Gasteiger partial charge in [-0.05, 0) is 12.1 Å². The smallest absolute Gasteiger partial charge is 0.214 e. The molecule has 0 aliphatic rings. The fourth-order valence-electron chi connectivity index (χ4n) is 0.405. The van der Waals surface area contributed by atoms with Crippen molar-refractivity contribution in [2.24, 2.45) is 0 Å². The standard InChI is InChI=1S/C5H3ClFNO/c6-5-3(9)1-2-4(7)8-5/h1-2,9H. The molecule has 9 heavy (non-hydrogen) atoms. The molecule has 0 atom stereocenters. The molecule has 1 aromatic rings. The molecule has 0 saturated carbocycles. The summed E-state index contributed by atoms with van der Waals surface area (Å²) in [7, 11) is 0. The lowest BCUT2D eigenvalue weighted by atomic mass is 10.5. The van der Waals surface area contributed by atoms with Crippen LogP contribution in [-0.4, -0.2) is 10.1 Å². The lowest BCUT2D eigenvalue weighted by Crippen LogP contribution is -1.80. The molecule has 0 radical (unpaired) electrons. The Bertz CT molecular complexity index is 228. The molecule has 0 unspecified atom stereocenters. The lowest BCUT2D eigenvalue weighted by molar-refractivity contribution is 0.467. The monoisotopic (exact) mass is 147 g/mol. The zero-order chi connectivity index (χ0) is 6.85. The topological polar surface area (TPSA) is 33.1 Å². The van der Waals surface area contributed by atoms with Gasteiger partial charge in [0.2, 0.25) is 5.95 Å². The van der Waals surface area contributed by atoms with E-state index in [0.29, 0.717) is 0 Å². The number of aromatic nitrogens is 1. The second kappa shape index (κ2) is 2.19. The predicted octanol–water partition coefficient (Wildman–Crippen LogP) is 1.58. The van der Waals surface area contributed by atoms with Crippen LogP contribution in [0.4, 0.5) is 4.39 Å². The van der Waals surface area contributed by atoms with E-state index in [1.54, 1.807) is 0 Å². The molecule has 0 aliphatic heterocycles. The molecule has 1 N–H and O–H groups in total. The van der Waals surface area contributed by atoms with Crippen LogP contribution < -0.4 is 0 Å². The SMILES string of the molecule is Oc1ccc(F)nc1Cl. The third kappa shape index (κ3) is 1.29. The van der Waals surface area contributed by atoms with E-state index in [1.807, 2.05) is 0 Å². The summed E-state index contributed by atoms with van der Waals surface area (Å²) in [5, 5.41) is 8.47. The number of aromatic hydroxyl groups is 1. The van der Waals surface area contributed by atoms with Gasteiger partial charge in [0.1, 0.15) is 0 Å². The number of halogens is 2. The van der Waals surface area contributed by atoms with Gasteiger partial charge in [0, 0.05) is 0 Å². The summed E-state index contributed by atoms with van der Waals surface area (Å²) in [6.07, 6.45) is 0. The number of pyridine rings is 1. The Kier molecular flexibility index (Phi) is 1.53. The van der Waals surface area contributed by atoms with Crippen molar-refractivity contribution in [2.45, 2.75) is 0 Å². The Morgan fingerprint density at radius 2 is 2.22 bits per heavy atom. The van der Waals surface area contributed by atoms with Gasteiger partial charge < -0.3 is 5.11 Å². The van der Waals surface area contributed by atoms with Crippen LogP contribution in [0.3, 0.4) is 0 Å². The maximum atomic E-state index is 12.0. The van der Waals surface area contributed by atoms with Gasteiger partial charge in [-0.15, -0.1) is 0 Å². The highest BCUT2D eigenvalue weighted by Gasteiger charge is 1.98. The van der Waals surface area contributed by atoms with Crippen LogP contribution in [0.1, 0.15) is 0 Å². The minimum atomic E-state index is -0.696. The normalized spacial score (nSPS) is 9.56. The third-order valence-corrected chi connectivity index (χ3v) is 1.07. The molecular formula is C5H3ClFNO. The summed E-state index contributed by atoms with van der Waals surface area (Å²) in [6.45, 7) is 0. The van der Waals surface area contributed by atoms with Gasteiger partial charge in [-0.2, -0.15) is 4.39 Å². The first-order chi connectivity index (χ1) is 4.20. The second-order valence-electron chi connectivity index (χ2n) is 1.44. The van der Waals surface area contributed by atoms with Gasteiger partial charge in [0.15, 0.2) is 10.9 Å². The van der Waals surface area contributed by atoms with Crippen molar-refractivity contribution in [3.05, 3.63) is 23.2 Å². The number of rotatable bonds is 0. The lowest BCUT2D eigenvalue weighted by Gasteiger charge is -1.91. The highest BCUT2D eigenvalue weighted by atomic mass is 35.5. The largest absolute Gasteiger partial charge is 0.505 e. The van der Waals surface area contributed by atoms with Gasteiger partial charge >= 0.3 is 0 Å². The summed E-state index contributed by atoms with van der Waals surface area (Å²) in [5.74, 6) is -0.907. The second-order valence-corrected chi connectivity index (χ2v) is 1.80. The van der Waals surface area contributed by atoms with E-state index in [-0.39, 0.29) is 10.9 Å². The van der Waals surface area contributed by atoms with Crippen LogP contribution >= 0.6 is 11.6 Å². The molecule has 1 rings (SSSR count). The Morgan fingerprint density at radius 1 is 1.56 bits per heavy atom. The summed E-state index contributed by atoms with van der Waals surface area (Å²) in [4.78, 5) is 3.12. The van der Waals surface area contributed by atoms with Crippen LogP contribution in [0.25, 0.3) is 0 Å². The summed E-state index contributed by atoms with van der Waals surface area (Å²) in [6, 6.07) is 2.17. The molecule has 2 nitrogen and oxygen atoms in total. The van der Waals surface area contributed by atoms with E-state index < -0.39 is 5.95 Å². The zero-order valence-electron chi connectivity index (χ0n) is 4.31. The minimum absolute atomic E-state index is 0.210. The minimum Gasteiger partial charge on any atom is -0.505 e. The zero-order valence-corrected chi connectivity index (χ0v) is 5.06. The molecule has 1 aromatic heterocycles. The molecular weight excluding hydrogens is 145 g/mol. The van der Waals surface area contributed by atoms with Crippen molar-refractivity contribution in [3.8, 4) is 5.75 Å². The van der Waals surface area contributed by atoms with Crippen LogP contribution in [-0.2, 0) is 0 Å². The third-order valence-electron chi connectivity index (χ3n) is 0.795. The molecule has 0 saturated heterocycles. The van der Waals surface area contributed by atoms with Crippen molar-refractivity contribution < 1.29 is 9.50 Å². The van der Waals surface area contributed by atoms with Gasteiger partial charge in [0.25, 0.3) is 0 Å². The number of hydrogen-bond acceptors (Lipinski definition) is 2. The van der Waals surface area contributed by atoms with Gasteiger partial charge in [-0.1, -0.05) is 11.6 Å². The van der Waals surface area contributed by atoms with Crippen LogP contribution in [0.2, 0.25) is 5.15 Å². The molecule has 0 amide bonds. The first kappa shape index (κ1) is 6.29. The van der Waals surface area contributed by atoms with E-state index in [2.05, 4.69) is 4.98 Å². The van der Waals surface area contributed by atoms with Crippen molar-refractivity contribution in [3.63, 3.8) is 0 Å². The average molecular weight is 148 g/mol. The molecule has 0 aliphatic carbocycles. The van der Waals surface area contributed by atoms with Crippen LogP contribution in [0.15, 0.2) is 12.1 Å². The Morgan fingerprint density at radius 3 is 2.67 bits per heavy atom. The maximum absolute atomic E-state index is 12.0. The predicted molar refractivity (Wildman–Crippen MR) is 30.9 cm³/mol. The summed E-state index contributed by atoms with van der Waals surface area (Å²) in [5.41, 5.74) is 0. The van der Waals surface area contributed by atoms with Crippen molar-refractivity contribution in [1.29, 1.82) is 0 Å². The van der Waals surface area contributed by atoms with Crippen LogP contribution in [0.5, 0.6) is 5.75 Å². The molecule has 0 spiro atoms. The Labute approximate surface area is 55.9 Å². The molecule has 0 fully saturated rings. The van der Waals surface area contributed by atoms with E-state index in [1.165, 1.54) is 0 Å². The summed E-state index contributed by atoms with van der Waals surface area (Å²) < 4.78 is 12.0. The maximum Gasteiger partial charge on any atom is 0.214 e. The fourth-order valence-corrected chi connectivity index (χ4v) is 0.549. The van der Waals surface area contributed by atoms with Gasteiger partial charge in [-0.3, -0.25) is 0 Å². The van der Waals surface area contributed by atoms with E-state index >= 15 is 0 Å². The van der Waals surface area contributed by atoms with E-state index in [9.17, 15) is 4.39 Å².